The van der Waals surface area contributed by atoms with E-state index in [1.165, 1.54) is 38.5 Å². The third kappa shape index (κ3) is 6.23. The van der Waals surface area contributed by atoms with Crippen LogP contribution in [0.2, 0.25) is 0 Å². The van der Waals surface area contributed by atoms with Crippen molar-refractivity contribution < 1.29 is 26.8 Å². The van der Waals surface area contributed by atoms with Crippen LogP contribution < -0.4 is 0 Å². The van der Waals surface area contributed by atoms with Crippen molar-refractivity contribution in [3.63, 3.8) is 0 Å². The van der Waals surface area contributed by atoms with Gasteiger partial charge < -0.3 is 36.1 Å². The topological polar surface area (TPSA) is 89.0 Å². The monoisotopic (exact) mass is 595 g/mol. The van der Waals surface area contributed by atoms with Gasteiger partial charge in [-0.3, -0.25) is 0 Å². The Hall–Kier alpha value is -0.0466. The molecule has 5 aliphatic heterocycles. The molecule has 0 saturated carbocycles. The minimum absolute atomic E-state index is 0.0842. The number of hydrogen-bond donors (Lipinski definition) is 0. The van der Waals surface area contributed by atoms with Crippen LogP contribution in [0.1, 0.15) is 77.0 Å². The molecule has 212 valence electrons. The van der Waals surface area contributed by atoms with Crippen LogP contribution in [-0.2, 0) is 26.8 Å². The zero-order valence-corrected chi connectivity index (χ0v) is 27.3. The van der Waals surface area contributed by atoms with Crippen molar-refractivity contribution in [3.8, 4) is 0 Å². The molecular formula is C29H46ClN5O2Zn-4. The minimum atomic E-state index is -0.614. The molecule has 38 heavy (non-hydrogen) atoms. The second-order valence-corrected chi connectivity index (χ2v) is 11.2. The molecule has 4 saturated heterocycles. The van der Waals surface area contributed by atoms with Crippen LogP contribution >= 0.6 is 9.69 Å². The van der Waals surface area contributed by atoms with Crippen molar-refractivity contribution in [2.24, 2.45) is 0 Å². The number of piperidine rings is 4. The molecule has 0 bridgehead atoms. The summed E-state index contributed by atoms with van der Waals surface area (Å²) >= 11 is 0.847. The summed E-state index contributed by atoms with van der Waals surface area (Å²) in [6.07, 6.45) is 20.2. The Morgan fingerprint density at radius 2 is 1.13 bits per heavy atom. The van der Waals surface area contributed by atoms with E-state index in [-0.39, 0.29) is 30.2 Å². The van der Waals surface area contributed by atoms with E-state index in [0.717, 1.165) is 87.7 Å². The average Bonchev–Trinajstić information content (AvgIpc) is 3.02. The molecule has 0 aromatic carbocycles. The third-order valence-corrected chi connectivity index (χ3v) is 9.35. The maximum atomic E-state index is 6.59. The van der Waals surface area contributed by atoms with E-state index in [2.05, 4.69) is 18.2 Å². The fourth-order valence-corrected chi connectivity index (χ4v) is 7.51. The van der Waals surface area contributed by atoms with Crippen molar-refractivity contribution in [2.75, 3.05) is 40.4 Å². The first-order valence-electron chi connectivity index (χ1n) is 14.9. The molecule has 0 spiro atoms. The van der Waals surface area contributed by atoms with Crippen LogP contribution in [0.4, 0.5) is 0 Å². The summed E-state index contributed by atoms with van der Waals surface area (Å²) in [7, 11) is 8.49. The van der Waals surface area contributed by atoms with E-state index in [0.29, 0.717) is 0 Å². The first-order valence-corrected chi connectivity index (χ1v) is 18.8. The third-order valence-electron chi connectivity index (χ3n) is 9.35. The molecule has 0 N–H and O–H groups in total. The quantitative estimate of drug-likeness (QED) is 0.274. The summed E-state index contributed by atoms with van der Waals surface area (Å²) in [6.45, 7) is 3.62. The van der Waals surface area contributed by atoms with Gasteiger partial charge in [-0.15, -0.1) is 56.0 Å². The van der Waals surface area contributed by atoms with E-state index < -0.39 is 11.2 Å². The fraction of sp³-hybridized carbons (Fsp3) is 0.862. The van der Waals surface area contributed by atoms with Crippen molar-refractivity contribution in [1.29, 1.82) is 0 Å². The number of rotatable bonds is 8. The van der Waals surface area contributed by atoms with Gasteiger partial charge in [-0.2, -0.15) is 0 Å². The molecular weight excluding hydrogens is 551 g/mol. The molecule has 0 aromatic heterocycles. The summed E-state index contributed by atoms with van der Waals surface area (Å²) < 4.78 is 13.2. The molecule has 5 heterocycles. The van der Waals surface area contributed by atoms with Gasteiger partial charge in [0.2, 0.25) is 0 Å². The zero-order chi connectivity index (χ0) is 26.8. The Morgan fingerprint density at radius 1 is 0.684 bits per heavy atom. The van der Waals surface area contributed by atoms with Gasteiger partial charge in [0.15, 0.2) is 0 Å². The summed E-state index contributed by atoms with van der Waals surface area (Å²) in [5, 5.41) is 26.1. The van der Waals surface area contributed by atoms with Gasteiger partial charge in [-0.1, -0.05) is 101 Å². The normalized spacial score (nSPS) is 35.5. The number of hydrogen-bond acceptors (Lipinski definition) is 2. The molecule has 0 radical (unpaired) electrons. The van der Waals surface area contributed by atoms with Gasteiger partial charge in [0.1, 0.15) is 0 Å². The van der Waals surface area contributed by atoms with Crippen LogP contribution in [0.3, 0.4) is 0 Å². The molecule has 0 amide bonds. The van der Waals surface area contributed by atoms with E-state index in [1.54, 1.807) is 0 Å². The van der Waals surface area contributed by atoms with Crippen LogP contribution in [0, 0.1) is 0 Å². The Balaban J connectivity index is 0.00000164. The molecule has 7 nitrogen and oxygen atoms in total. The van der Waals surface area contributed by atoms with Gasteiger partial charge in [-0.05, 0) is 0 Å². The van der Waals surface area contributed by atoms with Crippen LogP contribution in [0.25, 0.3) is 26.6 Å². The van der Waals surface area contributed by atoms with Gasteiger partial charge in [0.25, 0.3) is 0 Å². The Kier molecular flexibility index (Phi) is 12.4. The molecule has 5 aliphatic rings. The Labute approximate surface area is 245 Å². The molecule has 5 rings (SSSR count). The Bertz CT molecular complexity index is 724. The molecule has 5 atom stereocenters. The number of methoxy groups -OCH3 is 2. The number of halogens is 1. The zero-order valence-electron chi connectivity index (χ0n) is 23.6. The van der Waals surface area contributed by atoms with Crippen LogP contribution in [0.5, 0.6) is 0 Å². The van der Waals surface area contributed by atoms with E-state index >= 15 is 0 Å². The van der Waals surface area contributed by atoms with Crippen molar-refractivity contribution in [2.45, 2.75) is 118 Å². The summed E-state index contributed by atoms with van der Waals surface area (Å²) in [5.41, 5.74) is -0.169. The van der Waals surface area contributed by atoms with E-state index in [4.69, 9.17) is 45.7 Å². The maximum absolute atomic E-state index is 6.59. The SMILES string of the molecule is COC(C1=CC=CC(C(OC)(C2CCCC[N-]2)C2CCCC[N-]2)[N-]1)(C1CCCC[N-]1)C1CCCC[N-]1.[Cl][Zn+]. The number of allylic oxidation sites excluding steroid dienone is 2. The fourth-order valence-electron chi connectivity index (χ4n) is 7.51. The first kappa shape index (κ1) is 30.9. The van der Waals surface area contributed by atoms with Crippen LogP contribution in [-0.4, -0.2) is 81.8 Å². The van der Waals surface area contributed by atoms with Gasteiger partial charge in [-0.25, -0.2) is 0 Å². The number of nitrogens with zero attached hydrogens (tertiary/aromatic N) is 5. The van der Waals surface area contributed by atoms with E-state index in [1.807, 2.05) is 14.2 Å². The predicted molar refractivity (Wildman–Crippen MR) is 153 cm³/mol. The van der Waals surface area contributed by atoms with Crippen molar-refractivity contribution >= 4 is 9.69 Å². The van der Waals surface area contributed by atoms with Crippen LogP contribution in [0.15, 0.2) is 23.9 Å². The van der Waals surface area contributed by atoms with Crippen molar-refractivity contribution in [1.82, 2.24) is 0 Å². The molecule has 5 unspecified atom stereocenters. The van der Waals surface area contributed by atoms with E-state index in [9.17, 15) is 0 Å². The van der Waals surface area contributed by atoms with Crippen molar-refractivity contribution in [3.05, 3.63) is 50.5 Å². The van der Waals surface area contributed by atoms with Gasteiger partial charge >= 0.3 is 27.0 Å². The molecule has 0 aliphatic carbocycles. The molecule has 9 heteroatoms. The summed E-state index contributed by atoms with van der Waals surface area (Å²) in [4.78, 5) is 0. The molecule has 0 aromatic rings. The second kappa shape index (κ2) is 15.3. The number of ether oxygens (including phenoxy) is 2. The first-order chi connectivity index (χ1) is 18.8. The summed E-state index contributed by atoms with van der Waals surface area (Å²) in [5.74, 6) is 0. The summed E-state index contributed by atoms with van der Waals surface area (Å²) in [6, 6.07) is 0.234. The Morgan fingerprint density at radius 3 is 1.50 bits per heavy atom. The second-order valence-electron chi connectivity index (χ2n) is 11.2. The predicted octanol–water partition coefficient (Wildman–Crippen LogP) is 7.34. The van der Waals surface area contributed by atoms with Gasteiger partial charge in [0.05, 0.1) is 0 Å². The van der Waals surface area contributed by atoms with Gasteiger partial charge in [0, 0.05) is 25.4 Å². The average molecular weight is 598 g/mol. The molecule has 4 fully saturated rings. The standard InChI is InChI=1S/C29H46N5O2.ClH.Zn/c1-35-28(22-12-3-7-18-30-22,23-13-4-8-19-31-23)26-16-11-17-27(34-26)29(36-2,24-14-5-9-20-32-24)25-15-6-10-21-33-25;;/h11,16-17,22-26H,3-10,12-15,18-21H2,1-2H3;1H;/q-5;;+2/p-1.